The Kier molecular flexibility index (Phi) is 5.15. The lowest BCUT2D eigenvalue weighted by atomic mass is 9.91. The molecule has 1 heterocycles. The van der Waals surface area contributed by atoms with E-state index in [1.165, 1.54) is 4.88 Å². The molecule has 1 N–H and O–H groups in total. The fraction of sp³-hybridized carbons (Fsp3) is 0.615. The molecule has 0 spiro atoms. The van der Waals surface area contributed by atoms with Crippen LogP contribution in [0.15, 0.2) is 17.5 Å². The number of nitrogens with one attached hydrogen (secondary N) is 1. The molecule has 0 fully saturated rings. The minimum absolute atomic E-state index is 0.134. The number of thiophene rings is 1. The van der Waals surface area contributed by atoms with Crippen molar-refractivity contribution in [2.45, 2.75) is 25.7 Å². The van der Waals surface area contributed by atoms with Crippen LogP contribution >= 0.6 is 11.3 Å². The Balaban J connectivity index is 2.29. The summed E-state index contributed by atoms with van der Waals surface area (Å²) in [7, 11) is 3.58. The number of hydrogen-bond donors (Lipinski definition) is 1. The molecule has 1 aromatic heterocycles. The summed E-state index contributed by atoms with van der Waals surface area (Å²) in [6.45, 7) is 6.08. The smallest absolute Gasteiger partial charge is 0.223 e. The molecule has 1 aromatic rings. The minimum Gasteiger partial charge on any atom is -0.349 e. The van der Waals surface area contributed by atoms with Crippen molar-refractivity contribution < 1.29 is 4.79 Å². The highest BCUT2D eigenvalue weighted by Gasteiger charge is 2.20. The van der Waals surface area contributed by atoms with Gasteiger partial charge in [-0.2, -0.15) is 0 Å². The first-order valence-electron chi connectivity index (χ1n) is 5.88. The van der Waals surface area contributed by atoms with Crippen LogP contribution in [0.4, 0.5) is 0 Å². The van der Waals surface area contributed by atoms with Gasteiger partial charge in [0.2, 0.25) is 5.91 Å². The third kappa shape index (κ3) is 4.48. The van der Waals surface area contributed by atoms with Gasteiger partial charge in [-0.15, -0.1) is 11.3 Å². The van der Waals surface area contributed by atoms with Gasteiger partial charge in [-0.05, 0) is 11.4 Å². The molecule has 0 unspecified atom stereocenters. The van der Waals surface area contributed by atoms with Gasteiger partial charge in [0.25, 0.3) is 0 Å². The van der Waals surface area contributed by atoms with Gasteiger partial charge in [-0.3, -0.25) is 4.79 Å². The second-order valence-corrected chi connectivity index (χ2v) is 6.02. The molecule has 0 bridgehead atoms. The lowest BCUT2D eigenvalue weighted by molar-refractivity contribution is -0.128. The zero-order valence-corrected chi connectivity index (χ0v) is 11.9. The quantitative estimate of drug-likeness (QED) is 0.788. The maximum absolute atomic E-state index is 11.4. The predicted octanol–water partition coefficient (Wildman–Crippen LogP) is 2.09. The summed E-state index contributed by atoms with van der Waals surface area (Å²) in [5, 5.41) is 5.46. The normalized spacial score (nSPS) is 11.5. The van der Waals surface area contributed by atoms with E-state index in [9.17, 15) is 4.79 Å². The maximum atomic E-state index is 11.4. The van der Waals surface area contributed by atoms with Crippen LogP contribution in [0, 0.1) is 0 Å². The molecule has 3 nitrogen and oxygen atoms in total. The van der Waals surface area contributed by atoms with E-state index >= 15 is 0 Å². The summed E-state index contributed by atoms with van der Waals surface area (Å²) < 4.78 is 0. The molecule has 0 aliphatic heterocycles. The SMILES string of the molecule is CN(C)C(=O)CCNCC(C)(C)c1cccs1. The lowest BCUT2D eigenvalue weighted by Crippen LogP contribution is -2.34. The average molecular weight is 254 g/mol. The molecule has 0 aliphatic carbocycles. The second kappa shape index (κ2) is 6.17. The highest BCUT2D eigenvalue weighted by molar-refractivity contribution is 7.10. The van der Waals surface area contributed by atoms with Crippen LogP contribution in [-0.2, 0) is 10.2 Å². The summed E-state index contributed by atoms with van der Waals surface area (Å²) in [5.41, 5.74) is 0.134. The summed E-state index contributed by atoms with van der Waals surface area (Å²) in [6.07, 6.45) is 0.563. The molecule has 96 valence electrons. The van der Waals surface area contributed by atoms with E-state index in [0.29, 0.717) is 6.42 Å². The first kappa shape index (κ1) is 14.2. The van der Waals surface area contributed by atoms with Gasteiger partial charge < -0.3 is 10.2 Å². The molecule has 0 aliphatic rings. The number of carbonyl (C=O) groups is 1. The summed E-state index contributed by atoms with van der Waals surface area (Å²) in [5.74, 6) is 0.173. The van der Waals surface area contributed by atoms with E-state index < -0.39 is 0 Å². The highest BCUT2D eigenvalue weighted by atomic mass is 32.1. The van der Waals surface area contributed by atoms with Gasteiger partial charge in [-0.25, -0.2) is 0 Å². The third-order valence-corrected chi connectivity index (χ3v) is 4.01. The van der Waals surface area contributed by atoms with Crippen LogP contribution in [0.25, 0.3) is 0 Å². The number of hydrogen-bond acceptors (Lipinski definition) is 3. The Morgan fingerprint density at radius 3 is 2.71 bits per heavy atom. The van der Waals surface area contributed by atoms with Crippen molar-refractivity contribution in [3.8, 4) is 0 Å². The molecular formula is C13H22N2OS. The number of nitrogens with zero attached hydrogens (tertiary/aromatic N) is 1. The van der Waals surface area contributed by atoms with Gasteiger partial charge >= 0.3 is 0 Å². The van der Waals surface area contributed by atoms with Crippen molar-refractivity contribution in [2.75, 3.05) is 27.2 Å². The van der Waals surface area contributed by atoms with Crippen molar-refractivity contribution in [3.63, 3.8) is 0 Å². The molecule has 0 aromatic carbocycles. The van der Waals surface area contributed by atoms with Crippen LogP contribution in [0.1, 0.15) is 25.1 Å². The largest absolute Gasteiger partial charge is 0.349 e. The van der Waals surface area contributed by atoms with Crippen LogP contribution in [0.2, 0.25) is 0 Å². The van der Waals surface area contributed by atoms with Crippen LogP contribution in [0.5, 0.6) is 0 Å². The fourth-order valence-corrected chi connectivity index (χ4v) is 2.42. The van der Waals surface area contributed by atoms with Gasteiger partial charge in [0.15, 0.2) is 0 Å². The first-order valence-corrected chi connectivity index (χ1v) is 6.76. The van der Waals surface area contributed by atoms with Crippen LogP contribution in [-0.4, -0.2) is 38.0 Å². The van der Waals surface area contributed by atoms with E-state index in [1.807, 2.05) is 0 Å². The van der Waals surface area contributed by atoms with Gasteiger partial charge in [0, 0.05) is 43.9 Å². The molecule has 0 radical (unpaired) electrons. The van der Waals surface area contributed by atoms with Crippen LogP contribution in [0.3, 0.4) is 0 Å². The van der Waals surface area contributed by atoms with Crippen molar-refractivity contribution in [3.05, 3.63) is 22.4 Å². The van der Waals surface area contributed by atoms with E-state index in [-0.39, 0.29) is 11.3 Å². The molecule has 0 saturated carbocycles. The molecule has 0 saturated heterocycles. The molecule has 0 atom stereocenters. The number of carbonyl (C=O) groups excluding carboxylic acids is 1. The Bertz CT molecular complexity index is 344. The maximum Gasteiger partial charge on any atom is 0.223 e. The second-order valence-electron chi connectivity index (χ2n) is 5.08. The number of amides is 1. The summed E-state index contributed by atoms with van der Waals surface area (Å²) in [4.78, 5) is 14.4. The summed E-state index contributed by atoms with van der Waals surface area (Å²) >= 11 is 1.78. The first-order chi connectivity index (χ1) is 7.93. The zero-order valence-electron chi connectivity index (χ0n) is 11.1. The van der Waals surface area contributed by atoms with Crippen molar-refractivity contribution in [1.29, 1.82) is 0 Å². The van der Waals surface area contributed by atoms with E-state index in [1.54, 1.807) is 30.3 Å². The minimum atomic E-state index is 0.134. The molecule has 17 heavy (non-hydrogen) atoms. The molecule has 1 amide bonds. The Hall–Kier alpha value is -0.870. The zero-order chi connectivity index (χ0) is 12.9. The summed E-state index contributed by atoms with van der Waals surface area (Å²) in [6, 6.07) is 4.24. The van der Waals surface area contributed by atoms with Gasteiger partial charge in [0.1, 0.15) is 0 Å². The molecular weight excluding hydrogens is 232 g/mol. The number of rotatable bonds is 6. The van der Waals surface area contributed by atoms with E-state index in [0.717, 1.165) is 13.1 Å². The molecule has 1 rings (SSSR count). The van der Waals surface area contributed by atoms with Crippen molar-refractivity contribution in [1.82, 2.24) is 10.2 Å². The van der Waals surface area contributed by atoms with Crippen molar-refractivity contribution in [2.24, 2.45) is 0 Å². The predicted molar refractivity (Wildman–Crippen MR) is 73.5 cm³/mol. The monoisotopic (exact) mass is 254 g/mol. The highest BCUT2D eigenvalue weighted by Crippen LogP contribution is 2.26. The van der Waals surface area contributed by atoms with E-state index in [4.69, 9.17) is 0 Å². The fourth-order valence-electron chi connectivity index (χ4n) is 1.57. The van der Waals surface area contributed by atoms with Gasteiger partial charge in [-0.1, -0.05) is 19.9 Å². The van der Waals surface area contributed by atoms with Crippen molar-refractivity contribution >= 4 is 17.2 Å². The average Bonchev–Trinajstić information content (AvgIpc) is 2.77. The Morgan fingerprint density at radius 2 is 2.18 bits per heavy atom. The Labute approximate surface area is 108 Å². The topological polar surface area (TPSA) is 32.3 Å². The van der Waals surface area contributed by atoms with Crippen LogP contribution < -0.4 is 5.32 Å². The third-order valence-electron chi connectivity index (χ3n) is 2.77. The van der Waals surface area contributed by atoms with E-state index in [2.05, 4.69) is 36.7 Å². The lowest BCUT2D eigenvalue weighted by Gasteiger charge is -2.23. The Morgan fingerprint density at radius 1 is 1.47 bits per heavy atom. The molecule has 4 heteroatoms. The van der Waals surface area contributed by atoms with Gasteiger partial charge in [0.05, 0.1) is 0 Å². The standard InChI is InChI=1S/C13H22N2OS/c1-13(2,11-6-5-9-17-11)10-14-8-7-12(16)15(3)4/h5-6,9,14H,7-8,10H2,1-4H3.